The Hall–Kier alpha value is -3.65. The van der Waals surface area contributed by atoms with Gasteiger partial charge in [0.2, 0.25) is 5.91 Å². The van der Waals surface area contributed by atoms with Crippen molar-refractivity contribution in [3.63, 3.8) is 0 Å². The zero-order valence-corrected chi connectivity index (χ0v) is 19.2. The molecule has 1 N–H and O–H groups in total. The number of nitrogens with zero attached hydrogens (tertiary/aromatic N) is 2. The van der Waals surface area contributed by atoms with Gasteiger partial charge in [-0.2, -0.15) is 0 Å². The van der Waals surface area contributed by atoms with Gasteiger partial charge in [0, 0.05) is 21.7 Å². The molecular weight excluding hydrogens is 441 g/mol. The number of carbonyl (C=O) groups is 2. The van der Waals surface area contributed by atoms with E-state index in [1.807, 2.05) is 13.8 Å². The molecule has 1 amide bonds. The third-order valence-electron chi connectivity index (χ3n) is 5.53. The quantitative estimate of drug-likeness (QED) is 0.390. The van der Waals surface area contributed by atoms with Gasteiger partial charge in [0.15, 0.2) is 5.78 Å². The maximum absolute atomic E-state index is 13.5. The van der Waals surface area contributed by atoms with Crippen LogP contribution in [0.3, 0.4) is 0 Å². The van der Waals surface area contributed by atoms with Crippen LogP contribution in [-0.2, 0) is 4.79 Å². The highest BCUT2D eigenvalue weighted by Gasteiger charge is 2.24. The standard InChI is InChI=1S/C25H22FN3O3S/c1-4-20(23(31)28-19-11-7-16(8-12-19)14(2)30)29-13-27-24-22(25(29)32)21(15(3)33-24)17-5-9-18(26)10-6-17/h5-13,20H,4H2,1-3H3,(H,28,31). The lowest BCUT2D eigenvalue weighted by Crippen LogP contribution is -2.33. The number of carbonyl (C=O) groups excluding carboxylic acids is 2. The Kier molecular flexibility index (Phi) is 6.20. The molecule has 168 valence electrons. The summed E-state index contributed by atoms with van der Waals surface area (Å²) in [4.78, 5) is 43.9. The fourth-order valence-electron chi connectivity index (χ4n) is 3.82. The highest BCUT2D eigenvalue weighted by Crippen LogP contribution is 2.35. The lowest BCUT2D eigenvalue weighted by Gasteiger charge is -2.18. The number of benzene rings is 2. The molecular formula is C25H22FN3O3S. The Bertz CT molecular complexity index is 1410. The van der Waals surface area contributed by atoms with Crippen molar-refractivity contribution in [1.29, 1.82) is 0 Å². The molecule has 0 spiro atoms. The Morgan fingerprint density at radius 1 is 1.12 bits per heavy atom. The highest BCUT2D eigenvalue weighted by molar-refractivity contribution is 7.19. The number of fused-ring (bicyclic) bond motifs is 1. The fraction of sp³-hybridized carbons (Fsp3) is 0.200. The summed E-state index contributed by atoms with van der Waals surface area (Å²) < 4.78 is 14.8. The van der Waals surface area contributed by atoms with Gasteiger partial charge in [-0.05, 0) is 62.2 Å². The first-order valence-corrected chi connectivity index (χ1v) is 11.3. The van der Waals surface area contributed by atoms with E-state index >= 15 is 0 Å². The number of ketones is 1. The molecule has 2 aromatic carbocycles. The summed E-state index contributed by atoms with van der Waals surface area (Å²) in [6.07, 6.45) is 1.78. The van der Waals surface area contributed by atoms with Crippen LogP contribution in [0.25, 0.3) is 21.3 Å². The van der Waals surface area contributed by atoms with Crippen LogP contribution in [0.1, 0.15) is 41.5 Å². The van der Waals surface area contributed by atoms with Gasteiger partial charge in [-0.15, -0.1) is 11.3 Å². The van der Waals surface area contributed by atoms with Crippen LogP contribution in [0, 0.1) is 12.7 Å². The summed E-state index contributed by atoms with van der Waals surface area (Å²) in [5.41, 5.74) is 2.19. The number of Topliss-reactive ketones (excluding diaryl/α,β-unsaturated/α-hetero) is 1. The monoisotopic (exact) mass is 463 g/mol. The number of nitrogens with one attached hydrogen (secondary N) is 1. The Balaban J connectivity index is 1.73. The summed E-state index contributed by atoms with van der Waals surface area (Å²) in [5, 5.41) is 3.23. The maximum atomic E-state index is 13.5. The molecule has 2 aromatic heterocycles. The molecule has 6 nitrogen and oxygen atoms in total. The van der Waals surface area contributed by atoms with Crippen LogP contribution in [0.5, 0.6) is 0 Å². The first-order chi connectivity index (χ1) is 15.8. The van der Waals surface area contributed by atoms with Crippen LogP contribution in [0.4, 0.5) is 10.1 Å². The fourth-order valence-corrected chi connectivity index (χ4v) is 4.83. The summed E-state index contributed by atoms with van der Waals surface area (Å²) in [6.45, 7) is 5.19. The van der Waals surface area contributed by atoms with Gasteiger partial charge in [-0.3, -0.25) is 19.0 Å². The van der Waals surface area contributed by atoms with Gasteiger partial charge < -0.3 is 5.32 Å². The van der Waals surface area contributed by atoms with Crippen LogP contribution in [0.2, 0.25) is 0 Å². The predicted molar refractivity (Wildman–Crippen MR) is 128 cm³/mol. The molecule has 0 aliphatic heterocycles. The van der Waals surface area contributed by atoms with E-state index in [-0.39, 0.29) is 23.1 Å². The lowest BCUT2D eigenvalue weighted by molar-refractivity contribution is -0.119. The largest absolute Gasteiger partial charge is 0.324 e. The van der Waals surface area contributed by atoms with Crippen molar-refractivity contribution < 1.29 is 14.0 Å². The molecule has 0 saturated carbocycles. The SMILES string of the molecule is CCC(C(=O)Nc1ccc(C(C)=O)cc1)n1cnc2sc(C)c(-c3ccc(F)cc3)c2c1=O. The predicted octanol–water partition coefficient (Wildman–Crippen LogP) is 5.36. The summed E-state index contributed by atoms with van der Waals surface area (Å²) in [6, 6.07) is 11.8. The number of aromatic nitrogens is 2. The number of anilines is 1. The molecule has 0 saturated heterocycles. The first-order valence-electron chi connectivity index (χ1n) is 10.5. The number of amides is 1. The molecule has 0 bridgehead atoms. The number of aryl methyl sites for hydroxylation is 1. The van der Waals surface area contributed by atoms with Gasteiger partial charge in [-0.1, -0.05) is 19.1 Å². The Labute approximate surface area is 193 Å². The van der Waals surface area contributed by atoms with Crippen molar-refractivity contribution in [2.75, 3.05) is 5.32 Å². The molecule has 0 radical (unpaired) electrons. The zero-order chi connectivity index (χ0) is 23.7. The summed E-state index contributed by atoms with van der Waals surface area (Å²) in [5.74, 6) is -0.773. The van der Waals surface area contributed by atoms with E-state index in [9.17, 15) is 18.8 Å². The summed E-state index contributed by atoms with van der Waals surface area (Å²) in [7, 11) is 0. The number of hydrogen-bond acceptors (Lipinski definition) is 5. The topological polar surface area (TPSA) is 81.1 Å². The number of rotatable bonds is 6. The van der Waals surface area contributed by atoms with Crippen LogP contribution in [-0.4, -0.2) is 21.2 Å². The van der Waals surface area contributed by atoms with Crippen LogP contribution in [0.15, 0.2) is 59.7 Å². The van der Waals surface area contributed by atoms with Gasteiger partial charge in [0.1, 0.15) is 16.7 Å². The normalized spacial score (nSPS) is 12.0. The van der Waals surface area contributed by atoms with Crippen molar-refractivity contribution in [1.82, 2.24) is 9.55 Å². The van der Waals surface area contributed by atoms with Crippen molar-refractivity contribution in [2.24, 2.45) is 0 Å². The number of hydrogen-bond donors (Lipinski definition) is 1. The molecule has 4 aromatic rings. The van der Waals surface area contributed by atoms with Crippen molar-refractivity contribution >= 4 is 38.9 Å². The van der Waals surface area contributed by atoms with E-state index in [1.165, 1.54) is 41.3 Å². The second-order valence-corrected chi connectivity index (χ2v) is 8.93. The molecule has 1 atom stereocenters. The maximum Gasteiger partial charge on any atom is 0.263 e. The molecule has 2 heterocycles. The van der Waals surface area contributed by atoms with E-state index in [0.29, 0.717) is 33.5 Å². The highest BCUT2D eigenvalue weighted by atomic mass is 32.1. The molecule has 0 aliphatic carbocycles. The molecule has 1 unspecified atom stereocenters. The Morgan fingerprint density at radius 3 is 2.39 bits per heavy atom. The van der Waals surface area contributed by atoms with Crippen molar-refractivity contribution in [2.45, 2.75) is 33.2 Å². The second kappa shape index (κ2) is 9.07. The summed E-state index contributed by atoms with van der Waals surface area (Å²) >= 11 is 1.39. The zero-order valence-electron chi connectivity index (χ0n) is 18.4. The van der Waals surface area contributed by atoms with Crippen LogP contribution < -0.4 is 10.9 Å². The van der Waals surface area contributed by atoms with E-state index in [0.717, 1.165) is 10.4 Å². The van der Waals surface area contributed by atoms with Gasteiger partial charge >= 0.3 is 0 Å². The third-order valence-corrected chi connectivity index (χ3v) is 6.54. The third kappa shape index (κ3) is 4.34. The molecule has 8 heteroatoms. The van der Waals surface area contributed by atoms with Gasteiger partial charge in [0.25, 0.3) is 5.56 Å². The first kappa shape index (κ1) is 22.5. The van der Waals surface area contributed by atoms with E-state index < -0.39 is 6.04 Å². The minimum absolute atomic E-state index is 0.0618. The number of thiophene rings is 1. The van der Waals surface area contributed by atoms with Crippen molar-refractivity contribution in [3.8, 4) is 11.1 Å². The van der Waals surface area contributed by atoms with Crippen molar-refractivity contribution in [3.05, 3.63) is 81.5 Å². The van der Waals surface area contributed by atoms with E-state index in [1.54, 1.807) is 36.4 Å². The average Bonchev–Trinajstić information content (AvgIpc) is 3.13. The number of halogens is 1. The molecule has 0 fully saturated rings. The minimum atomic E-state index is -0.775. The van der Waals surface area contributed by atoms with Crippen LogP contribution >= 0.6 is 11.3 Å². The Morgan fingerprint density at radius 2 is 1.79 bits per heavy atom. The molecule has 33 heavy (non-hydrogen) atoms. The minimum Gasteiger partial charge on any atom is -0.324 e. The average molecular weight is 464 g/mol. The van der Waals surface area contributed by atoms with E-state index in [4.69, 9.17) is 0 Å². The van der Waals surface area contributed by atoms with Gasteiger partial charge in [-0.25, -0.2) is 9.37 Å². The molecule has 4 rings (SSSR count). The van der Waals surface area contributed by atoms with Gasteiger partial charge in [0.05, 0.1) is 11.7 Å². The van der Waals surface area contributed by atoms with E-state index in [2.05, 4.69) is 10.3 Å². The molecule has 0 aliphatic rings. The lowest BCUT2D eigenvalue weighted by atomic mass is 10.0. The smallest absolute Gasteiger partial charge is 0.263 e. The second-order valence-electron chi connectivity index (χ2n) is 7.72.